The molecule has 2 aromatic heterocycles. The van der Waals surface area contributed by atoms with Gasteiger partial charge in [0.1, 0.15) is 5.69 Å². The molecular formula is C15H16ClN3OS. The third kappa shape index (κ3) is 3.36. The number of amides is 1. The molecule has 0 spiro atoms. The van der Waals surface area contributed by atoms with E-state index >= 15 is 0 Å². The minimum atomic E-state index is -0.0810. The number of carbonyl (C=O) groups excluding carboxylic acids is 1. The number of nitrogens with zero attached hydrogens (tertiary/aromatic N) is 2. The highest BCUT2D eigenvalue weighted by atomic mass is 35.5. The van der Waals surface area contributed by atoms with Gasteiger partial charge in [0.05, 0.1) is 10.9 Å². The molecule has 21 heavy (non-hydrogen) atoms. The second-order valence-corrected chi connectivity index (χ2v) is 6.96. The molecule has 1 amide bonds. The summed E-state index contributed by atoms with van der Waals surface area (Å²) in [6.45, 7) is 4.73. The Hall–Kier alpha value is -1.59. The van der Waals surface area contributed by atoms with Crippen LogP contribution < -0.4 is 0 Å². The molecule has 1 fully saturated rings. The molecule has 2 heterocycles. The van der Waals surface area contributed by atoms with E-state index in [2.05, 4.69) is 16.8 Å². The first-order valence-electron chi connectivity index (χ1n) is 6.87. The number of halogens is 1. The Morgan fingerprint density at radius 1 is 1.57 bits per heavy atom. The van der Waals surface area contributed by atoms with Crippen molar-refractivity contribution in [2.45, 2.75) is 25.3 Å². The number of aromatic amines is 1. The zero-order chi connectivity index (χ0) is 14.8. The summed E-state index contributed by atoms with van der Waals surface area (Å²) >= 11 is 7.42. The molecule has 3 rings (SSSR count). The van der Waals surface area contributed by atoms with Crippen LogP contribution in [0.3, 0.4) is 0 Å². The van der Waals surface area contributed by atoms with Crippen LogP contribution in [-0.2, 0) is 6.54 Å². The first-order chi connectivity index (χ1) is 10.2. The molecule has 4 nitrogen and oxygen atoms in total. The first kappa shape index (κ1) is 14.4. The fraction of sp³-hybridized carbons (Fsp3) is 0.333. The highest BCUT2D eigenvalue weighted by molar-refractivity contribution is 7.16. The molecule has 1 aliphatic carbocycles. The smallest absolute Gasteiger partial charge is 0.274 e. The topological polar surface area (TPSA) is 49.0 Å². The van der Waals surface area contributed by atoms with E-state index in [1.54, 1.807) is 11.0 Å². The van der Waals surface area contributed by atoms with Gasteiger partial charge < -0.3 is 4.90 Å². The molecule has 110 valence electrons. The van der Waals surface area contributed by atoms with Crippen molar-refractivity contribution in [3.63, 3.8) is 0 Å². The molecule has 0 atom stereocenters. The van der Waals surface area contributed by atoms with Crippen LogP contribution in [0, 0.1) is 0 Å². The van der Waals surface area contributed by atoms with Gasteiger partial charge in [-0.3, -0.25) is 9.89 Å². The predicted octanol–water partition coefficient (Wildman–Crippen LogP) is 3.83. The molecule has 0 aromatic carbocycles. The van der Waals surface area contributed by atoms with E-state index in [4.69, 9.17) is 11.6 Å². The van der Waals surface area contributed by atoms with Crippen molar-refractivity contribution in [2.75, 3.05) is 6.54 Å². The lowest BCUT2D eigenvalue weighted by Crippen LogP contribution is -2.30. The minimum absolute atomic E-state index is 0.0810. The standard InChI is InChI=1S/C15H16ClN3OS/c1-2-7-19(9-11-5-6-14(16)21-11)15(20)13-8-12(17-18-13)10-3-4-10/h2,5-6,8,10H,1,3-4,7,9H2,(H,17,18). The first-order valence-corrected chi connectivity index (χ1v) is 8.06. The number of rotatable bonds is 6. The number of hydrogen-bond acceptors (Lipinski definition) is 3. The maximum atomic E-state index is 12.6. The van der Waals surface area contributed by atoms with Crippen molar-refractivity contribution in [2.24, 2.45) is 0 Å². The molecule has 0 saturated heterocycles. The highest BCUT2D eigenvalue weighted by Gasteiger charge is 2.27. The summed E-state index contributed by atoms with van der Waals surface area (Å²) in [7, 11) is 0. The molecule has 2 aromatic rings. The highest BCUT2D eigenvalue weighted by Crippen LogP contribution is 2.39. The number of H-pyrrole nitrogens is 1. The molecule has 1 N–H and O–H groups in total. The van der Waals surface area contributed by atoms with Crippen LogP contribution in [0.25, 0.3) is 0 Å². The van der Waals surface area contributed by atoms with Gasteiger partial charge in [0, 0.05) is 23.0 Å². The quantitative estimate of drug-likeness (QED) is 0.822. The van der Waals surface area contributed by atoms with Crippen LogP contribution >= 0.6 is 22.9 Å². The van der Waals surface area contributed by atoms with Crippen LogP contribution in [0.15, 0.2) is 30.9 Å². The van der Waals surface area contributed by atoms with Gasteiger partial charge in [-0.2, -0.15) is 5.10 Å². The minimum Gasteiger partial charge on any atom is -0.328 e. The Kier molecular flexibility index (Phi) is 4.12. The summed E-state index contributed by atoms with van der Waals surface area (Å²) in [6, 6.07) is 5.66. The zero-order valence-corrected chi connectivity index (χ0v) is 13.1. The summed E-state index contributed by atoms with van der Waals surface area (Å²) in [4.78, 5) is 15.3. The Balaban J connectivity index is 1.74. The van der Waals surface area contributed by atoms with Crippen molar-refractivity contribution in [3.05, 3.63) is 51.5 Å². The van der Waals surface area contributed by atoms with Gasteiger partial charge in [0.25, 0.3) is 5.91 Å². The molecule has 6 heteroatoms. The molecule has 0 radical (unpaired) electrons. The van der Waals surface area contributed by atoms with Crippen molar-refractivity contribution in [3.8, 4) is 0 Å². The second-order valence-electron chi connectivity index (χ2n) is 5.16. The van der Waals surface area contributed by atoms with E-state index in [1.807, 2.05) is 18.2 Å². The normalized spacial score (nSPS) is 14.1. The number of nitrogens with one attached hydrogen (secondary N) is 1. The van der Waals surface area contributed by atoms with Crippen molar-refractivity contribution >= 4 is 28.8 Å². The van der Waals surface area contributed by atoms with Gasteiger partial charge in [-0.05, 0) is 31.0 Å². The van der Waals surface area contributed by atoms with E-state index in [-0.39, 0.29) is 5.91 Å². The van der Waals surface area contributed by atoms with Crippen LogP contribution in [0.4, 0.5) is 0 Å². The lowest BCUT2D eigenvalue weighted by Gasteiger charge is -2.19. The van der Waals surface area contributed by atoms with Gasteiger partial charge in [-0.25, -0.2) is 0 Å². The summed E-state index contributed by atoms with van der Waals surface area (Å²) in [5.74, 6) is 0.477. The lowest BCUT2D eigenvalue weighted by molar-refractivity contribution is 0.0758. The number of aromatic nitrogens is 2. The lowest BCUT2D eigenvalue weighted by atomic mass is 10.2. The van der Waals surface area contributed by atoms with Gasteiger partial charge in [-0.15, -0.1) is 17.9 Å². The van der Waals surface area contributed by atoms with Gasteiger partial charge >= 0.3 is 0 Å². The fourth-order valence-corrected chi connectivity index (χ4v) is 3.31. The van der Waals surface area contributed by atoms with Crippen LogP contribution in [0.1, 0.15) is 39.8 Å². The van der Waals surface area contributed by atoms with E-state index in [9.17, 15) is 4.79 Å². The van der Waals surface area contributed by atoms with Crippen molar-refractivity contribution < 1.29 is 4.79 Å². The monoisotopic (exact) mass is 321 g/mol. The maximum absolute atomic E-state index is 12.6. The van der Waals surface area contributed by atoms with Crippen LogP contribution in [0.2, 0.25) is 4.34 Å². The maximum Gasteiger partial charge on any atom is 0.274 e. The van der Waals surface area contributed by atoms with E-state index in [1.165, 1.54) is 24.2 Å². The van der Waals surface area contributed by atoms with Crippen LogP contribution in [0.5, 0.6) is 0 Å². The van der Waals surface area contributed by atoms with Gasteiger partial charge in [0.15, 0.2) is 0 Å². The molecule has 0 bridgehead atoms. The summed E-state index contributed by atoms with van der Waals surface area (Å²) in [5, 5.41) is 7.13. The van der Waals surface area contributed by atoms with E-state index in [0.717, 1.165) is 14.9 Å². The average Bonchev–Trinajstić information content (AvgIpc) is 3.06. The molecule has 0 aliphatic heterocycles. The SMILES string of the molecule is C=CCN(Cc1ccc(Cl)s1)C(=O)c1cc(C2CC2)[nH]n1. The van der Waals surface area contributed by atoms with E-state index in [0.29, 0.717) is 24.7 Å². The Morgan fingerprint density at radius 2 is 2.38 bits per heavy atom. The van der Waals surface area contributed by atoms with Gasteiger partial charge in [-0.1, -0.05) is 17.7 Å². The molecule has 0 unspecified atom stereocenters. The van der Waals surface area contributed by atoms with Crippen LogP contribution in [-0.4, -0.2) is 27.5 Å². The Morgan fingerprint density at radius 3 is 3.00 bits per heavy atom. The zero-order valence-electron chi connectivity index (χ0n) is 11.5. The van der Waals surface area contributed by atoms with E-state index < -0.39 is 0 Å². The largest absolute Gasteiger partial charge is 0.328 e. The molecule has 1 saturated carbocycles. The fourth-order valence-electron chi connectivity index (χ4n) is 2.21. The third-order valence-corrected chi connectivity index (χ3v) is 4.66. The predicted molar refractivity (Wildman–Crippen MR) is 84.8 cm³/mol. The average molecular weight is 322 g/mol. The number of carbonyl (C=O) groups is 1. The Bertz CT molecular complexity index is 659. The molecular weight excluding hydrogens is 306 g/mol. The van der Waals surface area contributed by atoms with Crippen molar-refractivity contribution in [1.82, 2.24) is 15.1 Å². The summed E-state index contributed by atoms with van der Waals surface area (Å²) in [5.41, 5.74) is 1.54. The summed E-state index contributed by atoms with van der Waals surface area (Å²) in [6.07, 6.45) is 4.08. The molecule has 1 aliphatic rings. The van der Waals surface area contributed by atoms with Crippen molar-refractivity contribution in [1.29, 1.82) is 0 Å². The van der Waals surface area contributed by atoms with Gasteiger partial charge in [0.2, 0.25) is 0 Å². The second kappa shape index (κ2) is 6.03. The number of thiophene rings is 1. The number of hydrogen-bond donors (Lipinski definition) is 1. The third-order valence-electron chi connectivity index (χ3n) is 3.45. The Labute approximate surface area is 132 Å². The summed E-state index contributed by atoms with van der Waals surface area (Å²) < 4.78 is 0.729.